The number of sulfonamides is 1. The Kier molecular flexibility index (Phi) is 6.22. The lowest BCUT2D eigenvalue weighted by atomic mass is 10.2. The van der Waals surface area contributed by atoms with E-state index in [9.17, 15) is 13.2 Å². The molecular weight excluding hydrogens is 378 g/mol. The van der Waals surface area contributed by atoms with Crippen LogP contribution in [0.25, 0.3) is 0 Å². The van der Waals surface area contributed by atoms with E-state index >= 15 is 0 Å². The van der Waals surface area contributed by atoms with Crippen molar-refractivity contribution in [1.82, 2.24) is 14.5 Å². The molecule has 0 unspecified atom stereocenters. The fourth-order valence-electron chi connectivity index (χ4n) is 3.29. The molecule has 1 aromatic heterocycles. The topological polar surface area (TPSA) is 82.9 Å². The van der Waals surface area contributed by atoms with Gasteiger partial charge in [-0.2, -0.15) is 4.31 Å². The Balaban J connectivity index is 1.56. The number of hydrogen-bond acceptors (Lipinski definition) is 5. The second kappa shape index (κ2) is 8.46. The summed E-state index contributed by atoms with van der Waals surface area (Å²) >= 11 is 0. The predicted octanol–water partition coefficient (Wildman–Crippen LogP) is 2.08. The average molecular weight is 406 g/mol. The highest BCUT2D eigenvalue weighted by Gasteiger charge is 2.31. The molecule has 7 nitrogen and oxygen atoms in total. The largest absolute Gasteiger partial charge is 0.468 e. The molecule has 1 amide bonds. The van der Waals surface area contributed by atoms with E-state index in [1.807, 2.05) is 38.1 Å². The van der Waals surface area contributed by atoms with Gasteiger partial charge in [0.05, 0.1) is 23.7 Å². The van der Waals surface area contributed by atoms with Crippen molar-refractivity contribution in [1.29, 1.82) is 0 Å². The summed E-state index contributed by atoms with van der Waals surface area (Å²) in [4.78, 5) is 14.5. The van der Waals surface area contributed by atoms with Crippen LogP contribution in [0.15, 0.2) is 45.9 Å². The van der Waals surface area contributed by atoms with Crippen LogP contribution in [0.1, 0.15) is 29.9 Å². The number of carbonyl (C=O) groups is 1. The van der Waals surface area contributed by atoms with Gasteiger partial charge in [-0.15, -0.1) is 0 Å². The van der Waals surface area contributed by atoms with Gasteiger partial charge in [0.15, 0.2) is 0 Å². The first kappa shape index (κ1) is 20.6. The minimum Gasteiger partial charge on any atom is -0.468 e. The van der Waals surface area contributed by atoms with Crippen LogP contribution in [-0.2, 0) is 14.8 Å². The number of rotatable bonds is 6. The molecule has 1 aliphatic heterocycles. The van der Waals surface area contributed by atoms with Crippen LogP contribution in [0.3, 0.4) is 0 Å². The smallest absolute Gasteiger partial charge is 0.243 e. The molecule has 2 heterocycles. The van der Waals surface area contributed by atoms with Crippen molar-refractivity contribution in [3.05, 3.63) is 53.5 Å². The van der Waals surface area contributed by atoms with E-state index in [0.29, 0.717) is 31.1 Å². The number of piperazine rings is 1. The van der Waals surface area contributed by atoms with E-state index in [4.69, 9.17) is 4.42 Å². The van der Waals surface area contributed by atoms with Crippen molar-refractivity contribution in [3.8, 4) is 0 Å². The number of benzene rings is 1. The van der Waals surface area contributed by atoms with E-state index in [2.05, 4.69) is 5.32 Å². The summed E-state index contributed by atoms with van der Waals surface area (Å²) < 4.78 is 32.8. The molecule has 152 valence electrons. The van der Waals surface area contributed by atoms with Crippen LogP contribution in [0, 0.1) is 13.8 Å². The third kappa shape index (κ3) is 4.45. The number of amides is 1. The highest BCUT2D eigenvalue weighted by molar-refractivity contribution is 7.89. The molecule has 8 heteroatoms. The third-order valence-electron chi connectivity index (χ3n) is 5.08. The van der Waals surface area contributed by atoms with Gasteiger partial charge in [0, 0.05) is 26.2 Å². The highest BCUT2D eigenvalue weighted by Crippen LogP contribution is 2.22. The minimum absolute atomic E-state index is 0.0396. The van der Waals surface area contributed by atoms with Crippen LogP contribution < -0.4 is 5.32 Å². The number of nitrogens with zero attached hydrogens (tertiary/aromatic N) is 2. The maximum absolute atomic E-state index is 13.0. The third-order valence-corrected chi connectivity index (χ3v) is 7.12. The fraction of sp³-hybridized carbons (Fsp3) is 0.450. The van der Waals surface area contributed by atoms with Gasteiger partial charge in [-0.05, 0) is 50.1 Å². The van der Waals surface area contributed by atoms with Gasteiger partial charge in [0.25, 0.3) is 0 Å². The molecular formula is C20H27N3O4S. The molecule has 0 bridgehead atoms. The van der Waals surface area contributed by atoms with Crippen LogP contribution in [0.5, 0.6) is 0 Å². The molecule has 1 aliphatic rings. The van der Waals surface area contributed by atoms with Gasteiger partial charge < -0.3 is 9.32 Å². The Bertz CT molecular complexity index is 917. The van der Waals surface area contributed by atoms with Gasteiger partial charge in [0.1, 0.15) is 5.76 Å². The zero-order valence-electron chi connectivity index (χ0n) is 16.5. The van der Waals surface area contributed by atoms with Crippen LogP contribution >= 0.6 is 0 Å². The number of aryl methyl sites for hydroxylation is 2. The Morgan fingerprint density at radius 1 is 1.18 bits per heavy atom. The van der Waals surface area contributed by atoms with Gasteiger partial charge in [-0.25, -0.2) is 8.42 Å². The maximum atomic E-state index is 13.0. The van der Waals surface area contributed by atoms with Gasteiger partial charge >= 0.3 is 0 Å². The van der Waals surface area contributed by atoms with E-state index in [-0.39, 0.29) is 18.5 Å². The lowest BCUT2D eigenvalue weighted by Crippen LogP contribution is -2.52. The summed E-state index contributed by atoms with van der Waals surface area (Å²) in [7, 11) is -3.55. The first-order chi connectivity index (χ1) is 13.3. The van der Waals surface area contributed by atoms with Crippen molar-refractivity contribution >= 4 is 15.9 Å². The Morgan fingerprint density at radius 2 is 1.89 bits per heavy atom. The van der Waals surface area contributed by atoms with Crippen LogP contribution in [0.4, 0.5) is 0 Å². The molecule has 1 fully saturated rings. The molecule has 28 heavy (non-hydrogen) atoms. The Hall–Kier alpha value is -2.16. The Labute approximate surface area is 166 Å². The first-order valence-corrected chi connectivity index (χ1v) is 10.8. The van der Waals surface area contributed by atoms with Crippen LogP contribution in [-0.4, -0.2) is 56.3 Å². The molecule has 1 aromatic carbocycles. The second-order valence-electron chi connectivity index (χ2n) is 7.17. The summed E-state index contributed by atoms with van der Waals surface area (Å²) in [6, 6.07) is 9.05. The van der Waals surface area contributed by atoms with Crippen LogP contribution in [0.2, 0.25) is 0 Å². The summed E-state index contributed by atoms with van der Waals surface area (Å²) in [5.41, 5.74) is 1.65. The second-order valence-corrected chi connectivity index (χ2v) is 9.08. The standard InChI is InChI=1S/C20H27N3O4S/c1-15-6-7-16(2)19(13-15)28(25,26)23-10-8-22(9-11-23)20(24)14-21-17(3)18-5-4-12-27-18/h4-7,12-13,17,21H,8-11,14H2,1-3H3/t17-/m0/s1. The van der Waals surface area contributed by atoms with Crippen molar-refractivity contribution in [2.75, 3.05) is 32.7 Å². The molecule has 1 N–H and O–H groups in total. The molecule has 1 saturated heterocycles. The SMILES string of the molecule is Cc1ccc(C)c(S(=O)(=O)N2CCN(C(=O)CN[C@@H](C)c3ccco3)CC2)c1. The number of hydrogen-bond donors (Lipinski definition) is 1. The summed E-state index contributed by atoms with van der Waals surface area (Å²) in [6.45, 7) is 7.18. The van der Waals surface area contributed by atoms with Crippen molar-refractivity contribution in [3.63, 3.8) is 0 Å². The van der Waals surface area contributed by atoms with Gasteiger partial charge in [0.2, 0.25) is 15.9 Å². The zero-order chi connectivity index (χ0) is 20.3. The molecule has 0 aliphatic carbocycles. The minimum atomic E-state index is -3.55. The molecule has 0 saturated carbocycles. The summed E-state index contributed by atoms with van der Waals surface area (Å²) in [5, 5.41) is 3.15. The molecule has 2 aromatic rings. The van der Waals surface area contributed by atoms with Crippen molar-refractivity contribution in [2.45, 2.75) is 31.7 Å². The molecule has 1 atom stereocenters. The van der Waals surface area contributed by atoms with E-state index in [0.717, 1.165) is 16.9 Å². The first-order valence-electron chi connectivity index (χ1n) is 9.41. The molecule has 3 rings (SSSR count). The van der Waals surface area contributed by atoms with Gasteiger partial charge in [-0.3, -0.25) is 10.1 Å². The zero-order valence-corrected chi connectivity index (χ0v) is 17.3. The monoisotopic (exact) mass is 405 g/mol. The molecule has 0 spiro atoms. The number of carbonyl (C=O) groups excluding carboxylic acids is 1. The maximum Gasteiger partial charge on any atom is 0.243 e. The fourth-order valence-corrected chi connectivity index (χ4v) is 5.02. The Morgan fingerprint density at radius 3 is 2.54 bits per heavy atom. The quantitative estimate of drug-likeness (QED) is 0.796. The predicted molar refractivity (Wildman–Crippen MR) is 106 cm³/mol. The molecule has 0 radical (unpaired) electrons. The van der Waals surface area contributed by atoms with E-state index in [1.54, 1.807) is 24.2 Å². The number of nitrogens with one attached hydrogen (secondary N) is 1. The average Bonchev–Trinajstić information content (AvgIpc) is 3.22. The lowest BCUT2D eigenvalue weighted by Gasteiger charge is -2.34. The van der Waals surface area contributed by atoms with Gasteiger partial charge in [-0.1, -0.05) is 12.1 Å². The summed E-state index contributed by atoms with van der Waals surface area (Å²) in [6.07, 6.45) is 1.60. The van der Waals surface area contributed by atoms with Crippen molar-refractivity contribution in [2.24, 2.45) is 0 Å². The normalized spacial score (nSPS) is 16.9. The number of furan rings is 1. The van der Waals surface area contributed by atoms with Crippen molar-refractivity contribution < 1.29 is 17.6 Å². The lowest BCUT2D eigenvalue weighted by molar-refractivity contribution is -0.131. The van der Waals surface area contributed by atoms with E-state index in [1.165, 1.54) is 4.31 Å². The highest BCUT2D eigenvalue weighted by atomic mass is 32.2. The summed E-state index contributed by atoms with van der Waals surface area (Å²) in [5.74, 6) is 0.736. The van der Waals surface area contributed by atoms with E-state index < -0.39 is 10.0 Å².